The number of hydrogen-bond acceptors (Lipinski definition) is 4. The average Bonchev–Trinajstić information content (AvgIpc) is 2.45. The molecule has 1 aromatic heterocycles. The van der Waals surface area contributed by atoms with Crippen LogP contribution in [-0.2, 0) is 6.54 Å². The third kappa shape index (κ3) is 3.41. The fourth-order valence-corrected chi connectivity index (χ4v) is 2.06. The lowest BCUT2D eigenvalue weighted by Crippen LogP contribution is -2.04. The van der Waals surface area contributed by atoms with Gasteiger partial charge in [0, 0.05) is 23.5 Å². The van der Waals surface area contributed by atoms with Gasteiger partial charge in [0.2, 0.25) is 0 Å². The van der Waals surface area contributed by atoms with Crippen LogP contribution >= 0.6 is 0 Å². The van der Waals surface area contributed by atoms with E-state index in [-0.39, 0.29) is 0 Å². The Kier molecular flexibility index (Phi) is 4.45. The van der Waals surface area contributed by atoms with Crippen LogP contribution in [0.5, 0.6) is 11.5 Å². The molecule has 0 amide bonds. The molecule has 0 atom stereocenters. The van der Waals surface area contributed by atoms with Crippen molar-refractivity contribution < 1.29 is 9.47 Å². The molecule has 0 saturated carbocycles. The molecular formula is C16H20N2O2. The molecule has 20 heavy (non-hydrogen) atoms. The molecule has 2 aromatic rings. The van der Waals surface area contributed by atoms with E-state index in [1.165, 1.54) is 0 Å². The Balaban J connectivity index is 2.10. The molecule has 0 fully saturated rings. The number of aromatic nitrogens is 1. The Morgan fingerprint density at radius 3 is 2.40 bits per heavy atom. The number of anilines is 1. The van der Waals surface area contributed by atoms with E-state index in [1.807, 2.05) is 37.3 Å². The number of benzene rings is 1. The SMILES string of the molecule is COc1cc(C)nc(CNc2ccc(OC)cc2C)c1. The van der Waals surface area contributed by atoms with Gasteiger partial charge in [0.05, 0.1) is 26.5 Å². The maximum Gasteiger partial charge on any atom is 0.122 e. The number of aryl methyl sites for hydroxylation is 2. The topological polar surface area (TPSA) is 43.4 Å². The molecule has 0 bridgehead atoms. The second kappa shape index (κ2) is 6.28. The average molecular weight is 272 g/mol. The molecule has 106 valence electrons. The van der Waals surface area contributed by atoms with Crippen molar-refractivity contribution in [3.05, 3.63) is 47.3 Å². The molecule has 0 aliphatic rings. The lowest BCUT2D eigenvalue weighted by Gasteiger charge is -2.11. The van der Waals surface area contributed by atoms with E-state index in [0.29, 0.717) is 6.54 Å². The minimum Gasteiger partial charge on any atom is -0.497 e. The maximum absolute atomic E-state index is 5.26. The van der Waals surface area contributed by atoms with Crippen molar-refractivity contribution in [2.75, 3.05) is 19.5 Å². The first kappa shape index (κ1) is 14.2. The number of nitrogens with zero attached hydrogens (tertiary/aromatic N) is 1. The summed E-state index contributed by atoms with van der Waals surface area (Å²) in [6.45, 7) is 4.67. The fourth-order valence-electron chi connectivity index (χ4n) is 2.06. The summed E-state index contributed by atoms with van der Waals surface area (Å²) in [6, 6.07) is 9.83. The van der Waals surface area contributed by atoms with E-state index >= 15 is 0 Å². The predicted octanol–water partition coefficient (Wildman–Crippen LogP) is 3.33. The zero-order valence-electron chi connectivity index (χ0n) is 12.4. The van der Waals surface area contributed by atoms with Crippen LogP contribution in [0.3, 0.4) is 0 Å². The third-order valence-corrected chi connectivity index (χ3v) is 3.11. The van der Waals surface area contributed by atoms with Gasteiger partial charge in [-0.2, -0.15) is 0 Å². The highest BCUT2D eigenvalue weighted by Gasteiger charge is 2.03. The molecular weight excluding hydrogens is 252 g/mol. The molecule has 0 aliphatic heterocycles. The Bertz CT molecular complexity index is 597. The highest BCUT2D eigenvalue weighted by Crippen LogP contribution is 2.22. The maximum atomic E-state index is 5.26. The van der Waals surface area contributed by atoms with Gasteiger partial charge in [0.1, 0.15) is 11.5 Å². The van der Waals surface area contributed by atoms with Crippen LogP contribution < -0.4 is 14.8 Å². The van der Waals surface area contributed by atoms with Crippen LogP contribution in [-0.4, -0.2) is 19.2 Å². The number of methoxy groups -OCH3 is 2. The largest absolute Gasteiger partial charge is 0.497 e. The predicted molar refractivity (Wildman–Crippen MR) is 80.6 cm³/mol. The Morgan fingerprint density at radius 1 is 1.00 bits per heavy atom. The van der Waals surface area contributed by atoms with Crippen LogP contribution in [0.25, 0.3) is 0 Å². The number of hydrogen-bond donors (Lipinski definition) is 1. The zero-order valence-corrected chi connectivity index (χ0v) is 12.4. The molecule has 0 aliphatic carbocycles. The van der Waals surface area contributed by atoms with Crippen LogP contribution in [0, 0.1) is 13.8 Å². The van der Waals surface area contributed by atoms with Gasteiger partial charge in [-0.05, 0) is 37.6 Å². The molecule has 1 N–H and O–H groups in total. The van der Waals surface area contributed by atoms with Gasteiger partial charge < -0.3 is 14.8 Å². The van der Waals surface area contributed by atoms with Gasteiger partial charge in [0.15, 0.2) is 0 Å². The highest BCUT2D eigenvalue weighted by molar-refractivity contribution is 5.53. The standard InChI is InChI=1S/C16H20N2O2/c1-11-7-14(19-3)5-6-16(11)17-10-13-9-15(20-4)8-12(2)18-13/h5-9,17H,10H2,1-4H3. The van der Waals surface area contributed by atoms with Crippen LogP contribution in [0.15, 0.2) is 30.3 Å². The van der Waals surface area contributed by atoms with Crippen molar-refractivity contribution >= 4 is 5.69 Å². The summed E-state index contributed by atoms with van der Waals surface area (Å²) in [4.78, 5) is 4.49. The minimum atomic E-state index is 0.658. The van der Waals surface area contributed by atoms with Gasteiger partial charge in [-0.15, -0.1) is 0 Å². The number of rotatable bonds is 5. The molecule has 4 heteroatoms. The van der Waals surface area contributed by atoms with Crippen molar-refractivity contribution in [3.63, 3.8) is 0 Å². The molecule has 1 aromatic carbocycles. The van der Waals surface area contributed by atoms with Crippen LogP contribution in [0.1, 0.15) is 17.0 Å². The van der Waals surface area contributed by atoms with E-state index in [1.54, 1.807) is 14.2 Å². The summed E-state index contributed by atoms with van der Waals surface area (Å²) in [7, 11) is 3.34. The van der Waals surface area contributed by atoms with Crippen LogP contribution in [0.2, 0.25) is 0 Å². The number of nitrogens with one attached hydrogen (secondary N) is 1. The van der Waals surface area contributed by atoms with Crippen molar-refractivity contribution in [2.45, 2.75) is 20.4 Å². The van der Waals surface area contributed by atoms with Crippen molar-refractivity contribution in [2.24, 2.45) is 0 Å². The first-order valence-electron chi connectivity index (χ1n) is 6.52. The summed E-state index contributed by atoms with van der Waals surface area (Å²) in [5, 5.41) is 3.39. The van der Waals surface area contributed by atoms with E-state index < -0.39 is 0 Å². The fraction of sp³-hybridized carbons (Fsp3) is 0.312. The summed E-state index contributed by atoms with van der Waals surface area (Å²) >= 11 is 0. The third-order valence-electron chi connectivity index (χ3n) is 3.11. The first-order valence-corrected chi connectivity index (χ1v) is 6.52. The van der Waals surface area contributed by atoms with Crippen LogP contribution in [0.4, 0.5) is 5.69 Å². The second-order valence-corrected chi connectivity index (χ2v) is 4.67. The number of pyridine rings is 1. The summed E-state index contributed by atoms with van der Waals surface area (Å²) < 4.78 is 10.5. The summed E-state index contributed by atoms with van der Waals surface area (Å²) in [5.41, 5.74) is 4.13. The van der Waals surface area contributed by atoms with E-state index in [4.69, 9.17) is 9.47 Å². The zero-order chi connectivity index (χ0) is 14.5. The Labute approximate surface area is 119 Å². The van der Waals surface area contributed by atoms with Crippen molar-refractivity contribution in [3.8, 4) is 11.5 Å². The lowest BCUT2D eigenvalue weighted by atomic mass is 10.2. The molecule has 0 unspecified atom stereocenters. The van der Waals surface area contributed by atoms with Gasteiger partial charge in [-0.1, -0.05) is 0 Å². The van der Waals surface area contributed by atoms with Gasteiger partial charge >= 0.3 is 0 Å². The van der Waals surface area contributed by atoms with E-state index in [9.17, 15) is 0 Å². The molecule has 2 rings (SSSR count). The summed E-state index contributed by atoms with van der Waals surface area (Å²) in [5.74, 6) is 1.70. The van der Waals surface area contributed by atoms with Gasteiger partial charge in [-0.25, -0.2) is 0 Å². The molecule has 1 heterocycles. The first-order chi connectivity index (χ1) is 9.62. The Hall–Kier alpha value is -2.23. The normalized spacial score (nSPS) is 10.2. The van der Waals surface area contributed by atoms with Crippen molar-refractivity contribution in [1.29, 1.82) is 0 Å². The number of ether oxygens (including phenoxy) is 2. The van der Waals surface area contributed by atoms with Crippen molar-refractivity contribution in [1.82, 2.24) is 4.98 Å². The molecule has 0 spiro atoms. The Morgan fingerprint density at radius 2 is 1.75 bits per heavy atom. The van der Waals surface area contributed by atoms with E-state index in [0.717, 1.165) is 34.1 Å². The van der Waals surface area contributed by atoms with Gasteiger partial charge in [0.25, 0.3) is 0 Å². The minimum absolute atomic E-state index is 0.658. The lowest BCUT2D eigenvalue weighted by molar-refractivity contribution is 0.413. The monoisotopic (exact) mass is 272 g/mol. The molecule has 0 radical (unpaired) electrons. The quantitative estimate of drug-likeness (QED) is 0.906. The smallest absolute Gasteiger partial charge is 0.122 e. The molecule has 4 nitrogen and oxygen atoms in total. The summed E-state index contributed by atoms with van der Waals surface area (Å²) in [6.07, 6.45) is 0. The second-order valence-electron chi connectivity index (χ2n) is 4.67. The molecule has 0 saturated heterocycles. The van der Waals surface area contributed by atoms with Gasteiger partial charge in [-0.3, -0.25) is 4.98 Å². The highest BCUT2D eigenvalue weighted by atomic mass is 16.5. The van der Waals surface area contributed by atoms with E-state index in [2.05, 4.69) is 17.2 Å².